The molecule has 0 aromatic carbocycles. The van der Waals surface area contributed by atoms with Crippen molar-refractivity contribution in [2.24, 2.45) is 0 Å². The summed E-state index contributed by atoms with van der Waals surface area (Å²) < 4.78 is 0. The summed E-state index contributed by atoms with van der Waals surface area (Å²) in [5.74, 6) is 0.0302. The number of aliphatic hydroxyl groups excluding tert-OH is 2. The zero-order valence-electron chi connectivity index (χ0n) is 7.69. The minimum absolute atomic E-state index is 0. The van der Waals surface area contributed by atoms with Crippen LogP contribution < -0.4 is 5.73 Å². The van der Waals surface area contributed by atoms with Crippen molar-refractivity contribution in [1.82, 2.24) is 4.98 Å². The highest BCUT2D eigenvalue weighted by Crippen LogP contribution is 2.27. The Kier molecular flexibility index (Phi) is 4.62. The van der Waals surface area contributed by atoms with Crippen molar-refractivity contribution in [2.45, 2.75) is 20.1 Å². The SMILES string of the molecule is Cc1nc(N)c(CO)c(CO)c1O.Cl. The van der Waals surface area contributed by atoms with Gasteiger partial charge in [0.2, 0.25) is 0 Å². The second-order valence-electron chi connectivity index (χ2n) is 2.70. The van der Waals surface area contributed by atoms with Crippen molar-refractivity contribution in [1.29, 1.82) is 0 Å². The number of nitrogens with two attached hydrogens (primary N) is 1. The Labute approximate surface area is 87.6 Å². The molecule has 6 heteroatoms. The Morgan fingerprint density at radius 1 is 1.21 bits per heavy atom. The number of pyridine rings is 1. The monoisotopic (exact) mass is 220 g/mol. The van der Waals surface area contributed by atoms with Crippen LogP contribution in [0, 0.1) is 6.92 Å². The molecule has 14 heavy (non-hydrogen) atoms. The maximum atomic E-state index is 9.44. The van der Waals surface area contributed by atoms with Gasteiger partial charge < -0.3 is 21.1 Å². The number of hydrogen-bond acceptors (Lipinski definition) is 5. The number of hydrogen-bond donors (Lipinski definition) is 4. The molecule has 0 atom stereocenters. The summed E-state index contributed by atoms with van der Waals surface area (Å²) in [6, 6.07) is 0. The van der Waals surface area contributed by atoms with Gasteiger partial charge in [0.15, 0.2) is 0 Å². The number of aromatic hydroxyl groups is 1. The Balaban J connectivity index is 0.00000169. The summed E-state index contributed by atoms with van der Waals surface area (Å²) in [5.41, 5.74) is 6.36. The molecule has 0 saturated heterocycles. The smallest absolute Gasteiger partial charge is 0.142 e. The highest BCUT2D eigenvalue weighted by atomic mass is 35.5. The molecule has 0 unspecified atom stereocenters. The Morgan fingerprint density at radius 3 is 2.14 bits per heavy atom. The third-order valence-electron chi connectivity index (χ3n) is 1.91. The molecule has 0 aliphatic rings. The first-order chi connectivity index (χ1) is 6.11. The normalized spacial score (nSPS) is 9.64. The number of anilines is 1. The van der Waals surface area contributed by atoms with Crippen LogP contribution in [0.25, 0.3) is 0 Å². The fourth-order valence-corrected chi connectivity index (χ4v) is 1.16. The topological polar surface area (TPSA) is 99.6 Å². The molecular formula is C8H13ClN2O3. The summed E-state index contributed by atoms with van der Waals surface area (Å²) in [6.45, 7) is 0.865. The zero-order chi connectivity index (χ0) is 10.0. The number of nitrogens with zero attached hydrogens (tertiary/aromatic N) is 1. The highest BCUT2D eigenvalue weighted by Gasteiger charge is 2.13. The molecule has 0 radical (unpaired) electrons. The van der Waals surface area contributed by atoms with E-state index in [9.17, 15) is 5.11 Å². The predicted molar refractivity (Wildman–Crippen MR) is 54.1 cm³/mol. The maximum absolute atomic E-state index is 9.44. The van der Waals surface area contributed by atoms with Crippen LogP contribution in [0.2, 0.25) is 0 Å². The molecule has 80 valence electrons. The van der Waals surface area contributed by atoms with Crippen molar-refractivity contribution in [2.75, 3.05) is 5.73 Å². The van der Waals surface area contributed by atoms with Crippen molar-refractivity contribution in [3.63, 3.8) is 0 Å². The standard InChI is InChI=1S/C8H12N2O3.ClH/c1-4-7(13)5(2-11)6(3-12)8(9)10-4;/h11-13H,2-3H2,1H3,(H2,9,10);1H. The van der Waals surface area contributed by atoms with Crippen LogP contribution >= 0.6 is 12.4 Å². The first kappa shape index (κ1) is 13.0. The van der Waals surface area contributed by atoms with Crippen LogP contribution in [-0.2, 0) is 13.2 Å². The fraction of sp³-hybridized carbons (Fsp3) is 0.375. The predicted octanol–water partition coefficient (Wildman–Crippen LogP) is 0.0842. The van der Waals surface area contributed by atoms with Crippen LogP contribution in [0.5, 0.6) is 5.75 Å². The van der Waals surface area contributed by atoms with Gasteiger partial charge in [-0.05, 0) is 6.92 Å². The van der Waals surface area contributed by atoms with Gasteiger partial charge in [0.1, 0.15) is 11.6 Å². The van der Waals surface area contributed by atoms with E-state index < -0.39 is 0 Å². The first-order valence-electron chi connectivity index (χ1n) is 3.80. The Bertz CT molecular complexity index is 331. The Hall–Kier alpha value is -1.04. The van der Waals surface area contributed by atoms with Gasteiger partial charge in [-0.25, -0.2) is 4.98 Å². The van der Waals surface area contributed by atoms with Gasteiger partial charge in [0, 0.05) is 11.1 Å². The van der Waals surface area contributed by atoms with Crippen LogP contribution in [0.1, 0.15) is 16.8 Å². The van der Waals surface area contributed by atoms with E-state index in [0.29, 0.717) is 5.69 Å². The second kappa shape index (κ2) is 4.99. The summed E-state index contributed by atoms with van der Waals surface area (Å²) in [6.07, 6.45) is 0. The molecule has 1 aromatic rings. The molecule has 1 heterocycles. The van der Waals surface area contributed by atoms with E-state index in [1.165, 1.54) is 0 Å². The molecule has 0 bridgehead atoms. The third-order valence-corrected chi connectivity index (χ3v) is 1.91. The van der Waals surface area contributed by atoms with Crippen molar-refractivity contribution in [3.05, 3.63) is 16.8 Å². The fourth-order valence-electron chi connectivity index (χ4n) is 1.16. The molecule has 0 spiro atoms. The second-order valence-corrected chi connectivity index (χ2v) is 2.70. The van der Waals surface area contributed by atoms with Gasteiger partial charge >= 0.3 is 0 Å². The Morgan fingerprint density at radius 2 is 1.71 bits per heavy atom. The molecule has 5 N–H and O–H groups in total. The number of aryl methyl sites for hydroxylation is 1. The van der Waals surface area contributed by atoms with Crippen LogP contribution in [0.4, 0.5) is 5.82 Å². The van der Waals surface area contributed by atoms with Crippen molar-refractivity contribution < 1.29 is 15.3 Å². The van der Waals surface area contributed by atoms with Crippen LogP contribution in [0.15, 0.2) is 0 Å². The molecule has 0 saturated carbocycles. The lowest BCUT2D eigenvalue weighted by molar-refractivity contribution is 0.254. The summed E-state index contributed by atoms with van der Waals surface area (Å²) in [5, 5.41) is 27.3. The molecule has 0 aliphatic heterocycles. The van der Waals surface area contributed by atoms with E-state index >= 15 is 0 Å². The number of halogens is 1. The minimum Gasteiger partial charge on any atom is -0.506 e. The van der Waals surface area contributed by atoms with Crippen molar-refractivity contribution >= 4 is 18.2 Å². The molecule has 0 aliphatic carbocycles. The van der Waals surface area contributed by atoms with Crippen molar-refractivity contribution in [3.8, 4) is 5.75 Å². The van der Waals surface area contributed by atoms with Gasteiger partial charge in [0.05, 0.1) is 18.9 Å². The zero-order valence-corrected chi connectivity index (χ0v) is 8.51. The largest absolute Gasteiger partial charge is 0.506 e. The number of rotatable bonds is 2. The van der Waals surface area contributed by atoms with Gasteiger partial charge in [-0.3, -0.25) is 0 Å². The number of aliphatic hydroxyl groups is 2. The lowest BCUT2D eigenvalue weighted by Crippen LogP contribution is -2.05. The lowest BCUT2D eigenvalue weighted by Gasteiger charge is -2.11. The lowest BCUT2D eigenvalue weighted by atomic mass is 10.1. The molecule has 5 nitrogen and oxygen atoms in total. The van der Waals surface area contributed by atoms with Crippen LogP contribution in [0.3, 0.4) is 0 Å². The van der Waals surface area contributed by atoms with Gasteiger partial charge in [-0.1, -0.05) is 0 Å². The van der Waals surface area contributed by atoms with Gasteiger partial charge in [0.25, 0.3) is 0 Å². The van der Waals surface area contributed by atoms with Crippen LogP contribution in [-0.4, -0.2) is 20.3 Å². The minimum atomic E-state index is -0.366. The average Bonchev–Trinajstić information content (AvgIpc) is 2.10. The van der Waals surface area contributed by atoms with E-state index in [1.807, 2.05) is 0 Å². The van der Waals surface area contributed by atoms with Gasteiger partial charge in [-0.2, -0.15) is 0 Å². The number of nitrogen functional groups attached to an aromatic ring is 1. The van der Waals surface area contributed by atoms with E-state index in [1.54, 1.807) is 6.92 Å². The summed E-state index contributed by atoms with van der Waals surface area (Å²) in [7, 11) is 0. The molecule has 1 rings (SSSR count). The average molecular weight is 221 g/mol. The highest BCUT2D eigenvalue weighted by molar-refractivity contribution is 5.85. The maximum Gasteiger partial charge on any atom is 0.142 e. The van der Waals surface area contributed by atoms with E-state index in [2.05, 4.69) is 4.98 Å². The number of aromatic nitrogens is 1. The van der Waals surface area contributed by atoms with Gasteiger partial charge in [-0.15, -0.1) is 12.4 Å². The molecule has 0 amide bonds. The quantitative estimate of drug-likeness (QED) is 0.566. The summed E-state index contributed by atoms with van der Waals surface area (Å²) in [4.78, 5) is 3.81. The first-order valence-corrected chi connectivity index (χ1v) is 3.80. The molecular weight excluding hydrogens is 208 g/mol. The molecule has 0 fully saturated rings. The van der Waals surface area contributed by atoms with E-state index in [-0.39, 0.29) is 48.3 Å². The van der Waals surface area contributed by atoms with E-state index in [0.717, 1.165) is 0 Å². The summed E-state index contributed by atoms with van der Waals surface area (Å²) >= 11 is 0. The third kappa shape index (κ3) is 2.06. The van der Waals surface area contributed by atoms with E-state index in [4.69, 9.17) is 15.9 Å². The molecule has 1 aromatic heterocycles.